The molecule has 1 aliphatic heterocycles. The van der Waals surface area contributed by atoms with Crippen LogP contribution in [-0.2, 0) is 9.53 Å². The van der Waals surface area contributed by atoms with Crippen molar-refractivity contribution in [2.75, 3.05) is 19.7 Å². The number of likely N-dealkylation sites (tertiary alicyclic amines) is 1. The first-order valence-corrected chi connectivity index (χ1v) is 9.37. The Labute approximate surface area is 163 Å². The van der Waals surface area contributed by atoms with Crippen molar-refractivity contribution < 1.29 is 23.5 Å². The molecule has 2 amide bonds. The molecule has 0 saturated carbocycles. The maximum atomic E-state index is 13.4. The number of piperidine rings is 1. The van der Waals surface area contributed by atoms with Gasteiger partial charge in [-0.05, 0) is 52.2 Å². The Morgan fingerprint density at radius 1 is 1.33 bits per heavy atom. The van der Waals surface area contributed by atoms with Crippen molar-refractivity contribution in [3.63, 3.8) is 0 Å². The van der Waals surface area contributed by atoms with Gasteiger partial charge < -0.3 is 19.7 Å². The quantitative estimate of drug-likeness (QED) is 0.817. The second-order valence-corrected chi connectivity index (χ2v) is 7.90. The van der Waals surface area contributed by atoms with Gasteiger partial charge in [-0.15, -0.1) is 0 Å². The minimum atomic E-state index is -0.607. The number of amides is 2. The van der Waals surface area contributed by atoms with E-state index in [1.807, 2.05) is 20.8 Å². The predicted octanol–water partition coefficient (Wildman–Crippen LogP) is 3.76. The summed E-state index contributed by atoms with van der Waals surface area (Å²) in [4.78, 5) is 26.1. The van der Waals surface area contributed by atoms with E-state index >= 15 is 0 Å². The molecular weight excluding hydrogens is 375 g/mol. The molecule has 1 N–H and O–H groups in total. The van der Waals surface area contributed by atoms with Gasteiger partial charge in [0.25, 0.3) is 5.91 Å². The van der Waals surface area contributed by atoms with Gasteiger partial charge in [0.05, 0.1) is 11.1 Å². The second-order valence-electron chi connectivity index (χ2n) is 7.49. The van der Waals surface area contributed by atoms with Crippen molar-refractivity contribution in [1.29, 1.82) is 0 Å². The lowest BCUT2D eigenvalue weighted by molar-refractivity contribution is -0.123. The average molecular weight is 401 g/mol. The molecule has 1 aromatic rings. The van der Waals surface area contributed by atoms with Crippen molar-refractivity contribution in [2.45, 2.75) is 51.7 Å². The van der Waals surface area contributed by atoms with Gasteiger partial charge in [0.2, 0.25) is 0 Å². The van der Waals surface area contributed by atoms with Crippen molar-refractivity contribution in [3.8, 4) is 5.75 Å². The molecule has 1 atom stereocenters. The van der Waals surface area contributed by atoms with Crippen LogP contribution in [0.4, 0.5) is 9.18 Å². The number of rotatable bonds is 5. The number of benzene rings is 1. The van der Waals surface area contributed by atoms with Gasteiger partial charge in [0.1, 0.15) is 17.2 Å². The molecule has 8 heteroatoms. The molecule has 1 saturated heterocycles. The molecule has 150 valence electrons. The zero-order chi connectivity index (χ0) is 20.0. The molecule has 0 aromatic heterocycles. The molecule has 0 aliphatic carbocycles. The van der Waals surface area contributed by atoms with Crippen LogP contribution in [0, 0.1) is 5.82 Å². The third-order valence-electron chi connectivity index (χ3n) is 4.05. The van der Waals surface area contributed by atoms with Gasteiger partial charge in [-0.1, -0.05) is 11.6 Å². The van der Waals surface area contributed by atoms with Gasteiger partial charge in [0, 0.05) is 19.2 Å². The van der Waals surface area contributed by atoms with Crippen molar-refractivity contribution in [1.82, 2.24) is 10.2 Å². The highest BCUT2D eigenvalue weighted by atomic mass is 35.5. The molecule has 1 aliphatic rings. The average Bonchev–Trinajstić information content (AvgIpc) is 2.59. The first-order valence-electron chi connectivity index (χ1n) is 9.00. The van der Waals surface area contributed by atoms with E-state index in [9.17, 15) is 14.0 Å². The Bertz CT molecular complexity index is 678. The summed E-state index contributed by atoms with van der Waals surface area (Å²) in [5.41, 5.74) is -0.565. The molecule has 0 bridgehead atoms. The van der Waals surface area contributed by atoms with E-state index < -0.39 is 11.4 Å². The predicted molar refractivity (Wildman–Crippen MR) is 100 cm³/mol. The molecule has 2 rings (SSSR count). The van der Waals surface area contributed by atoms with E-state index in [0.29, 0.717) is 13.1 Å². The van der Waals surface area contributed by atoms with E-state index in [1.165, 1.54) is 12.1 Å². The summed E-state index contributed by atoms with van der Waals surface area (Å²) in [5.74, 6) is -0.732. The largest absolute Gasteiger partial charge is 0.484 e. The minimum Gasteiger partial charge on any atom is -0.484 e. The number of halogens is 2. The lowest BCUT2D eigenvalue weighted by Crippen LogP contribution is -2.51. The van der Waals surface area contributed by atoms with E-state index in [2.05, 4.69) is 5.32 Å². The fraction of sp³-hybridized carbons (Fsp3) is 0.579. The number of carbonyl (C=O) groups is 2. The zero-order valence-electron chi connectivity index (χ0n) is 15.9. The topological polar surface area (TPSA) is 67.9 Å². The maximum Gasteiger partial charge on any atom is 0.410 e. The number of hydrogen-bond acceptors (Lipinski definition) is 4. The summed E-state index contributed by atoms with van der Waals surface area (Å²) >= 11 is 5.61. The molecule has 27 heavy (non-hydrogen) atoms. The Balaban J connectivity index is 1.82. The molecule has 1 fully saturated rings. The Morgan fingerprint density at radius 2 is 2.07 bits per heavy atom. The van der Waals surface area contributed by atoms with Crippen LogP contribution in [0.25, 0.3) is 0 Å². The highest BCUT2D eigenvalue weighted by Crippen LogP contribution is 2.21. The first kappa shape index (κ1) is 21.3. The fourth-order valence-corrected chi connectivity index (χ4v) is 2.89. The molecule has 6 nitrogen and oxygen atoms in total. The number of nitrogens with zero attached hydrogens (tertiary/aromatic N) is 1. The van der Waals surface area contributed by atoms with Gasteiger partial charge in [-0.3, -0.25) is 4.79 Å². The van der Waals surface area contributed by atoms with Crippen LogP contribution in [0.15, 0.2) is 18.2 Å². The van der Waals surface area contributed by atoms with Crippen molar-refractivity contribution in [3.05, 3.63) is 29.0 Å². The van der Waals surface area contributed by atoms with Crippen LogP contribution in [-0.4, -0.2) is 48.2 Å². The summed E-state index contributed by atoms with van der Waals surface area (Å²) in [6.07, 6.45) is 2.33. The third kappa shape index (κ3) is 6.90. The molecule has 1 unspecified atom stereocenters. The standard InChI is InChI=1S/C19H26ClFN2O4/c1-19(2,3)27-18(25)23-9-5-4-6-13(23)11-22-17(24)12-26-14-7-8-15(20)16(21)10-14/h7-8,10,13H,4-6,9,11-12H2,1-3H3,(H,22,24). The lowest BCUT2D eigenvalue weighted by atomic mass is 10.0. The smallest absolute Gasteiger partial charge is 0.410 e. The van der Waals surface area contributed by atoms with Crippen molar-refractivity contribution >= 4 is 23.6 Å². The Kier molecular flexibility index (Phi) is 7.30. The number of nitrogens with one attached hydrogen (secondary N) is 1. The normalized spacial score (nSPS) is 17.4. The summed E-state index contributed by atoms with van der Waals surface area (Å²) in [6.45, 7) is 6.14. The molecular formula is C19H26ClFN2O4. The lowest BCUT2D eigenvalue weighted by Gasteiger charge is -2.36. The molecule has 1 aromatic carbocycles. The highest BCUT2D eigenvalue weighted by Gasteiger charge is 2.30. The van der Waals surface area contributed by atoms with Gasteiger partial charge in [-0.25, -0.2) is 9.18 Å². The fourth-order valence-electron chi connectivity index (χ4n) is 2.77. The Hall–Kier alpha value is -2.02. The zero-order valence-corrected chi connectivity index (χ0v) is 16.6. The van der Waals surface area contributed by atoms with Crippen LogP contribution in [0.3, 0.4) is 0 Å². The third-order valence-corrected chi connectivity index (χ3v) is 4.36. The van der Waals surface area contributed by atoms with E-state index in [-0.39, 0.29) is 35.4 Å². The number of ether oxygens (including phenoxy) is 2. The molecule has 1 heterocycles. The summed E-state index contributed by atoms with van der Waals surface area (Å²) in [6, 6.07) is 3.86. The van der Waals surface area contributed by atoms with Crippen LogP contribution in [0.1, 0.15) is 40.0 Å². The minimum absolute atomic E-state index is 0.00802. The van der Waals surface area contributed by atoms with Crippen LogP contribution < -0.4 is 10.1 Å². The SMILES string of the molecule is CC(C)(C)OC(=O)N1CCCCC1CNC(=O)COc1ccc(Cl)c(F)c1. The van der Waals surface area contributed by atoms with Crippen molar-refractivity contribution in [2.24, 2.45) is 0 Å². The summed E-state index contributed by atoms with van der Waals surface area (Å²) in [7, 11) is 0. The van der Waals surface area contributed by atoms with E-state index in [1.54, 1.807) is 4.90 Å². The number of carbonyl (C=O) groups excluding carboxylic acids is 2. The highest BCUT2D eigenvalue weighted by molar-refractivity contribution is 6.30. The maximum absolute atomic E-state index is 13.4. The second kappa shape index (κ2) is 9.26. The van der Waals surface area contributed by atoms with Gasteiger partial charge in [-0.2, -0.15) is 0 Å². The van der Waals surface area contributed by atoms with E-state index in [4.69, 9.17) is 21.1 Å². The molecule has 0 spiro atoms. The molecule has 0 radical (unpaired) electrons. The monoisotopic (exact) mass is 400 g/mol. The van der Waals surface area contributed by atoms with E-state index in [0.717, 1.165) is 25.3 Å². The van der Waals surface area contributed by atoms with Gasteiger partial charge >= 0.3 is 6.09 Å². The van der Waals surface area contributed by atoms with Crippen LogP contribution >= 0.6 is 11.6 Å². The van der Waals surface area contributed by atoms with Crippen LogP contribution in [0.5, 0.6) is 5.75 Å². The summed E-state index contributed by atoms with van der Waals surface area (Å²) < 4.78 is 24.1. The summed E-state index contributed by atoms with van der Waals surface area (Å²) in [5, 5.41) is 2.76. The van der Waals surface area contributed by atoms with Crippen LogP contribution in [0.2, 0.25) is 5.02 Å². The first-order chi connectivity index (χ1) is 12.7. The Morgan fingerprint density at radius 3 is 2.74 bits per heavy atom. The number of hydrogen-bond donors (Lipinski definition) is 1. The van der Waals surface area contributed by atoms with Gasteiger partial charge in [0.15, 0.2) is 6.61 Å².